The molecule has 0 spiro atoms. The molecule has 0 aliphatic carbocycles. The van der Waals surface area contributed by atoms with E-state index in [4.69, 9.17) is 11.6 Å². The predicted molar refractivity (Wildman–Crippen MR) is 152 cm³/mol. The summed E-state index contributed by atoms with van der Waals surface area (Å²) >= 11 is 6.25. The van der Waals surface area contributed by atoms with Gasteiger partial charge in [-0.3, -0.25) is 4.79 Å². The van der Waals surface area contributed by atoms with E-state index in [1.807, 2.05) is 18.2 Å². The molecule has 2 aliphatic heterocycles. The SMILES string of the molecule is Cc1c(C2CCN(S(=O)(=O)c3ccc4c(c3)CC(=O)N4C)CC2)c2ccccc2n1Cc1cccc(Cl)c1. The van der Waals surface area contributed by atoms with Gasteiger partial charge in [0.1, 0.15) is 0 Å². The van der Waals surface area contributed by atoms with Crippen molar-refractivity contribution in [2.24, 2.45) is 0 Å². The first kappa shape index (κ1) is 25.2. The van der Waals surface area contributed by atoms with Crippen molar-refractivity contribution in [3.05, 3.63) is 94.1 Å². The third-order valence-corrected chi connectivity index (χ3v) is 10.3. The zero-order chi connectivity index (χ0) is 26.6. The number of carbonyl (C=O) groups excluding carboxylic acids is 1. The molecule has 4 aromatic rings. The number of likely N-dealkylation sites (N-methyl/N-ethyl adjacent to an activating group) is 1. The van der Waals surface area contributed by atoms with Crippen molar-refractivity contribution in [2.75, 3.05) is 25.0 Å². The van der Waals surface area contributed by atoms with Gasteiger partial charge < -0.3 is 9.47 Å². The lowest BCUT2D eigenvalue weighted by atomic mass is 9.88. The van der Waals surface area contributed by atoms with Crippen molar-refractivity contribution >= 4 is 44.1 Å². The molecule has 0 saturated carbocycles. The molecule has 196 valence electrons. The summed E-state index contributed by atoms with van der Waals surface area (Å²) in [6.45, 7) is 3.84. The van der Waals surface area contributed by atoms with Gasteiger partial charge in [0, 0.05) is 54.0 Å². The summed E-state index contributed by atoms with van der Waals surface area (Å²) in [6, 6.07) is 21.5. The van der Waals surface area contributed by atoms with Crippen molar-refractivity contribution in [1.82, 2.24) is 8.87 Å². The van der Waals surface area contributed by atoms with Crippen molar-refractivity contribution < 1.29 is 13.2 Å². The van der Waals surface area contributed by atoms with Crippen LogP contribution in [0.25, 0.3) is 10.9 Å². The fraction of sp³-hybridized carbons (Fsp3) is 0.300. The quantitative estimate of drug-likeness (QED) is 0.320. The number of fused-ring (bicyclic) bond motifs is 2. The second kappa shape index (κ2) is 9.56. The number of anilines is 1. The van der Waals surface area contributed by atoms with Crippen LogP contribution in [0.4, 0.5) is 5.69 Å². The molecule has 0 N–H and O–H groups in total. The van der Waals surface area contributed by atoms with Crippen molar-refractivity contribution in [3.63, 3.8) is 0 Å². The highest BCUT2D eigenvalue weighted by atomic mass is 35.5. The summed E-state index contributed by atoms with van der Waals surface area (Å²) in [6.07, 6.45) is 1.77. The van der Waals surface area contributed by atoms with Gasteiger partial charge in [0.2, 0.25) is 15.9 Å². The highest BCUT2D eigenvalue weighted by molar-refractivity contribution is 7.89. The van der Waals surface area contributed by atoms with Crippen molar-refractivity contribution in [3.8, 4) is 0 Å². The van der Waals surface area contributed by atoms with E-state index in [1.54, 1.807) is 34.5 Å². The number of amides is 1. The maximum absolute atomic E-state index is 13.5. The number of sulfonamides is 1. The average molecular weight is 548 g/mol. The minimum absolute atomic E-state index is 0.0137. The molecule has 0 atom stereocenters. The number of rotatable bonds is 5. The third kappa shape index (κ3) is 4.23. The molecule has 1 amide bonds. The Labute approximate surface area is 228 Å². The molecule has 6 nitrogen and oxygen atoms in total. The Kier molecular flexibility index (Phi) is 6.33. The van der Waals surface area contributed by atoms with E-state index in [1.165, 1.54) is 22.2 Å². The summed E-state index contributed by atoms with van der Waals surface area (Å²) in [7, 11) is -1.91. The predicted octanol–water partition coefficient (Wildman–Crippen LogP) is 5.74. The molecule has 38 heavy (non-hydrogen) atoms. The molecule has 1 saturated heterocycles. The number of hydrogen-bond acceptors (Lipinski definition) is 3. The van der Waals surface area contributed by atoms with Gasteiger partial charge >= 0.3 is 0 Å². The Bertz CT molecular complexity index is 1670. The van der Waals surface area contributed by atoms with Gasteiger partial charge in [-0.15, -0.1) is 0 Å². The van der Waals surface area contributed by atoms with E-state index < -0.39 is 10.0 Å². The fourth-order valence-electron chi connectivity index (χ4n) is 6.14. The Hall–Kier alpha value is -3.13. The Morgan fingerprint density at radius 3 is 2.50 bits per heavy atom. The van der Waals surface area contributed by atoms with Crippen LogP contribution < -0.4 is 4.90 Å². The maximum Gasteiger partial charge on any atom is 0.243 e. The number of benzene rings is 3. The van der Waals surface area contributed by atoms with E-state index >= 15 is 0 Å². The van der Waals surface area contributed by atoms with Crippen LogP contribution in [-0.2, 0) is 27.8 Å². The van der Waals surface area contributed by atoms with Crippen LogP contribution in [0, 0.1) is 6.92 Å². The van der Waals surface area contributed by atoms with Crippen LogP contribution in [-0.4, -0.2) is 43.3 Å². The Morgan fingerprint density at radius 2 is 1.74 bits per heavy atom. The lowest BCUT2D eigenvalue weighted by Crippen LogP contribution is -2.38. The zero-order valence-corrected chi connectivity index (χ0v) is 23.1. The summed E-state index contributed by atoms with van der Waals surface area (Å²) in [5.74, 6) is 0.263. The van der Waals surface area contributed by atoms with Crippen LogP contribution in [0.15, 0.2) is 71.6 Å². The number of nitrogens with zero attached hydrogens (tertiary/aromatic N) is 3. The standard InChI is InChI=1S/C30H30ClN3O3S/c1-20-30(26-8-3-4-9-28(26)34(20)19-21-6-5-7-24(31)16-21)22-12-14-33(15-13-22)38(36,37)25-10-11-27-23(17-25)18-29(35)32(27)2/h3-11,16-17,22H,12-15,18-19H2,1-2H3. The van der Waals surface area contributed by atoms with Crippen LogP contribution in [0.1, 0.15) is 41.1 Å². The van der Waals surface area contributed by atoms with Gasteiger partial charge in [0.25, 0.3) is 0 Å². The fourth-order valence-corrected chi connectivity index (χ4v) is 7.87. The third-order valence-electron chi connectivity index (χ3n) is 8.14. The Morgan fingerprint density at radius 1 is 0.974 bits per heavy atom. The number of halogens is 1. The topological polar surface area (TPSA) is 62.6 Å². The molecule has 2 aliphatic rings. The van der Waals surface area contributed by atoms with Gasteiger partial charge in [-0.05, 0) is 78.8 Å². The normalized spacial score (nSPS) is 16.9. The monoisotopic (exact) mass is 547 g/mol. The highest BCUT2D eigenvalue weighted by Gasteiger charge is 2.33. The number of aromatic nitrogens is 1. The number of hydrogen-bond donors (Lipinski definition) is 0. The first-order valence-corrected chi connectivity index (χ1v) is 14.8. The Balaban J connectivity index is 1.25. The molecule has 0 unspecified atom stereocenters. The lowest BCUT2D eigenvalue weighted by Gasteiger charge is -2.32. The zero-order valence-electron chi connectivity index (χ0n) is 21.5. The van der Waals surface area contributed by atoms with Crippen molar-refractivity contribution in [2.45, 2.75) is 43.5 Å². The van der Waals surface area contributed by atoms with Gasteiger partial charge in [0.15, 0.2) is 0 Å². The first-order valence-electron chi connectivity index (χ1n) is 13.0. The van der Waals surface area contributed by atoms with E-state index in [2.05, 4.69) is 41.8 Å². The second-order valence-electron chi connectivity index (χ2n) is 10.3. The molecule has 1 aromatic heterocycles. The number of piperidine rings is 1. The van der Waals surface area contributed by atoms with Gasteiger partial charge in [-0.1, -0.05) is 41.9 Å². The summed E-state index contributed by atoms with van der Waals surface area (Å²) in [4.78, 5) is 13.9. The van der Waals surface area contributed by atoms with Crippen LogP contribution in [0.5, 0.6) is 0 Å². The molecular formula is C30H30ClN3O3S. The van der Waals surface area contributed by atoms with E-state index in [9.17, 15) is 13.2 Å². The molecule has 0 bridgehead atoms. The van der Waals surface area contributed by atoms with Crippen LogP contribution in [0.2, 0.25) is 5.02 Å². The van der Waals surface area contributed by atoms with E-state index in [0.29, 0.717) is 13.1 Å². The largest absolute Gasteiger partial charge is 0.340 e. The molecule has 1 fully saturated rings. The average Bonchev–Trinajstić information content (AvgIpc) is 3.35. The maximum atomic E-state index is 13.5. The smallest absolute Gasteiger partial charge is 0.243 e. The van der Waals surface area contributed by atoms with E-state index in [-0.39, 0.29) is 23.1 Å². The van der Waals surface area contributed by atoms with E-state index in [0.717, 1.165) is 41.2 Å². The lowest BCUT2D eigenvalue weighted by molar-refractivity contribution is -0.117. The molecule has 3 heterocycles. The van der Waals surface area contributed by atoms with Crippen LogP contribution >= 0.6 is 11.6 Å². The second-order valence-corrected chi connectivity index (χ2v) is 12.7. The van der Waals surface area contributed by atoms with Gasteiger partial charge in [-0.2, -0.15) is 4.31 Å². The summed E-state index contributed by atoms with van der Waals surface area (Å²) in [5.41, 5.74) is 6.44. The summed E-state index contributed by atoms with van der Waals surface area (Å²) < 4.78 is 31.0. The molecular weight excluding hydrogens is 518 g/mol. The van der Waals surface area contributed by atoms with Gasteiger partial charge in [0.05, 0.1) is 11.3 Å². The van der Waals surface area contributed by atoms with Gasteiger partial charge in [-0.25, -0.2) is 8.42 Å². The molecule has 8 heteroatoms. The first-order chi connectivity index (χ1) is 18.2. The highest BCUT2D eigenvalue weighted by Crippen LogP contribution is 2.39. The summed E-state index contributed by atoms with van der Waals surface area (Å²) in [5, 5.41) is 1.97. The minimum Gasteiger partial charge on any atom is -0.340 e. The minimum atomic E-state index is -3.63. The number of para-hydroxylation sites is 1. The molecule has 6 rings (SSSR count). The number of carbonyl (C=O) groups is 1. The molecule has 0 radical (unpaired) electrons. The van der Waals surface area contributed by atoms with Crippen molar-refractivity contribution in [1.29, 1.82) is 0 Å². The van der Waals surface area contributed by atoms with Crippen LogP contribution in [0.3, 0.4) is 0 Å². The molecule has 3 aromatic carbocycles.